The minimum Gasteiger partial charge on any atom is -0.459 e. The van der Waals surface area contributed by atoms with E-state index in [1.54, 1.807) is 24.3 Å². The summed E-state index contributed by atoms with van der Waals surface area (Å²) < 4.78 is 16.5. The van der Waals surface area contributed by atoms with Gasteiger partial charge in [-0.25, -0.2) is 4.79 Å². The van der Waals surface area contributed by atoms with Gasteiger partial charge < -0.3 is 14.2 Å². The van der Waals surface area contributed by atoms with Gasteiger partial charge >= 0.3 is 5.97 Å². The molecule has 1 aliphatic heterocycles. The number of benzene rings is 2. The van der Waals surface area contributed by atoms with Crippen molar-refractivity contribution in [1.82, 2.24) is 0 Å². The molecule has 1 saturated heterocycles. The predicted molar refractivity (Wildman–Crippen MR) is 81.5 cm³/mol. The van der Waals surface area contributed by atoms with Crippen LogP contribution in [0.2, 0.25) is 0 Å². The summed E-state index contributed by atoms with van der Waals surface area (Å²) in [5.74, 6) is -0.393. The Morgan fingerprint density at radius 1 is 1.14 bits per heavy atom. The Morgan fingerprint density at radius 3 is 2.45 bits per heavy atom. The first kappa shape index (κ1) is 15.0. The Bertz CT molecular complexity index is 632. The van der Waals surface area contributed by atoms with Crippen LogP contribution >= 0.6 is 11.6 Å². The number of rotatable bonds is 4. The normalized spacial score (nSPS) is 24.1. The lowest BCUT2D eigenvalue weighted by molar-refractivity contribution is -0.110. The maximum Gasteiger partial charge on any atom is 0.338 e. The SMILES string of the molecule is O=C(OC[C@@H]1CO[C@@](Cl)(c2ccccc2)O1)c1ccccc1. The zero-order valence-corrected chi connectivity index (χ0v) is 12.5. The molecule has 4 nitrogen and oxygen atoms in total. The maximum absolute atomic E-state index is 11.9. The third kappa shape index (κ3) is 3.30. The molecule has 1 fully saturated rings. The van der Waals surface area contributed by atoms with Crippen LogP contribution in [-0.2, 0) is 19.5 Å². The van der Waals surface area contributed by atoms with Gasteiger partial charge in [0.15, 0.2) is 0 Å². The number of carbonyl (C=O) groups excluding carboxylic acids is 1. The molecule has 0 amide bonds. The van der Waals surface area contributed by atoms with Gasteiger partial charge in [-0.15, -0.1) is 0 Å². The molecule has 2 aromatic rings. The summed E-state index contributed by atoms with van der Waals surface area (Å²) in [4.78, 5) is 11.9. The summed E-state index contributed by atoms with van der Waals surface area (Å²) in [6.07, 6.45) is -0.398. The van der Waals surface area contributed by atoms with Gasteiger partial charge in [0.05, 0.1) is 12.2 Å². The summed E-state index contributed by atoms with van der Waals surface area (Å²) in [7, 11) is 0. The van der Waals surface area contributed by atoms with Crippen LogP contribution < -0.4 is 0 Å². The monoisotopic (exact) mass is 318 g/mol. The molecular formula is C17H15ClO4. The summed E-state index contributed by atoms with van der Waals surface area (Å²) >= 11 is 6.34. The first-order chi connectivity index (χ1) is 10.7. The minimum absolute atomic E-state index is 0.0923. The van der Waals surface area contributed by atoms with E-state index < -0.39 is 17.3 Å². The molecule has 0 aliphatic carbocycles. The molecule has 0 spiro atoms. The number of alkyl halides is 1. The second kappa shape index (κ2) is 6.48. The van der Waals surface area contributed by atoms with Gasteiger partial charge in [-0.1, -0.05) is 60.1 Å². The molecule has 1 aliphatic rings. The molecule has 5 heteroatoms. The van der Waals surface area contributed by atoms with E-state index in [1.165, 1.54) is 0 Å². The molecule has 0 bridgehead atoms. The van der Waals surface area contributed by atoms with E-state index in [-0.39, 0.29) is 13.2 Å². The van der Waals surface area contributed by atoms with Crippen LogP contribution in [0.25, 0.3) is 0 Å². The second-order valence-electron chi connectivity index (χ2n) is 4.92. The first-order valence-corrected chi connectivity index (χ1v) is 7.33. The molecule has 1 heterocycles. The van der Waals surface area contributed by atoms with Gasteiger partial charge in [-0.3, -0.25) is 0 Å². The Hall–Kier alpha value is -1.88. The lowest BCUT2D eigenvalue weighted by atomic mass is 10.2. The summed E-state index contributed by atoms with van der Waals surface area (Å²) in [6, 6.07) is 18.1. The molecule has 0 aromatic heterocycles. The van der Waals surface area contributed by atoms with Gasteiger partial charge in [-0.2, -0.15) is 0 Å². The van der Waals surface area contributed by atoms with Crippen LogP contribution in [0, 0.1) is 0 Å². The molecule has 0 saturated carbocycles. The van der Waals surface area contributed by atoms with Crippen molar-refractivity contribution in [2.45, 2.75) is 11.4 Å². The predicted octanol–water partition coefficient (Wildman–Crippen LogP) is 3.31. The van der Waals surface area contributed by atoms with Crippen LogP contribution in [0.1, 0.15) is 15.9 Å². The lowest BCUT2D eigenvalue weighted by Crippen LogP contribution is -2.24. The van der Waals surface area contributed by atoms with Crippen molar-refractivity contribution in [1.29, 1.82) is 0 Å². The van der Waals surface area contributed by atoms with Crippen molar-refractivity contribution >= 4 is 17.6 Å². The van der Waals surface area contributed by atoms with Crippen molar-refractivity contribution in [2.75, 3.05) is 13.2 Å². The highest BCUT2D eigenvalue weighted by atomic mass is 35.5. The molecule has 2 aromatic carbocycles. The second-order valence-corrected chi connectivity index (χ2v) is 5.42. The van der Waals surface area contributed by atoms with Gasteiger partial charge in [0.2, 0.25) is 0 Å². The van der Waals surface area contributed by atoms with Crippen LogP contribution in [0.5, 0.6) is 0 Å². The molecule has 0 radical (unpaired) electrons. The van der Waals surface area contributed by atoms with Gasteiger partial charge in [0.1, 0.15) is 12.7 Å². The number of halogens is 1. The first-order valence-electron chi connectivity index (χ1n) is 6.96. The third-order valence-electron chi connectivity index (χ3n) is 3.30. The van der Waals surface area contributed by atoms with E-state index >= 15 is 0 Å². The Labute approximate surface area is 133 Å². The average molecular weight is 319 g/mol. The van der Waals surface area contributed by atoms with Gasteiger partial charge in [0, 0.05) is 5.56 Å². The van der Waals surface area contributed by atoms with Crippen LogP contribution in [0.4, 0.5) is 0 Å². The van der Waals surface area contributed by atoms with Gasteiger partial charge in [0.25, 0.3) is 5.25 Å². The molecular weight excluding hydrogens is 304 g/mol. The number of carbonyl (C=O) groups is 1. The summed E-state index contributed by atoms with van der Waals surface area (Å²) in [6.45, 7) is 0.357. The Morgan fingerprint density at radius 2 is 1.77 bits per heavy atom. The third-order valence-corrected chi connectivity index (χ3v) is 3.72. The van der Waals surface area contributed by atoms with E-state index in [2.05, 4.69) is 0 Å². The highest BCUT2D eigenvalue weighted by Crippen LogP contribution is 2.38. The number of ether oxygens (including phenoxy) is 3. The smallest absolute Gasteiger partial charge is 0.338 e. The molecule has 22 heavy (non-hydrogen) atoms. The molecule has 0 unspecified atom stereocenters. The zero-order valence-electron chi connectivity index (χ0n) is 11.8. The topological polar surface area (TPSA) is 44.8 Å². The number of esters is 1. The summed E-state index contributed by atoms with van der Waals surface area (Å²) in [5, 5.41) is -1.31. The van der Waals surface area contributed by atoms with E-state index in [0.717, 1.165) is 0 Å². The van der Waals surface area contributed by atoms with Crippen molar-refractivity contribution in [2.24, 2.45) is 0 Å². The largest absolute Gasteiger partial charge is 0.459 e. The summed E-state index contributed by atoms with van der Waals surface area (Å²) in [5.41, 5.74) is 1.22. The molecule has 3 rings (SSSR count). The highest BCUT2D eigenvalue weighted by molar-refractivity contribution is 6.22. The fourth-order valence-electron chi connectivity index (χ4n) is 2.18. The molecule has 2 atom stereocenters. The van der Waals surface area contributed by atoms with Crippen molar-refractivity contribution in [3.63, 3.8) is 0 Å². The number of hydrogen-bond donors (Lipinski definition) is 0. The fourth-order valence-corrected chi connectivity index (χ4v) is 2.49. The highest BCUT2D eigenvalue weighted by Gasteiger charge is 2.42. The lowest BCUT2D eigenvalue weighted by Gasteiger charge is -2.20. The van der Waals surface area contributed by atoms with Crippen LogP contribution in [0.3, 0.4) is 0 Å². The Kier molecular flexibility index (Phi) is 4.43. The zero-order chi connectivity index (χ0) is 15.4. The van der Waals surface area contributed by atoms with E-state index in [1.807, 2.05) is 36.4 Å². The number of hydrogen-bond acceptors (Lipinski definition) is 4. The maximum atomic E-state index is 11.9. The molecule has 0 N–H and O–H groups in total. The van der Waals surface area contributed by atoms with E-state index in [4.69, 9.17) is 25.8 Å². The van der Waals surface area contributed by atoms with Gasteiger partial charge in [-0.05, 0) is 12.1 Å². The standard InChI is InChI=1S/C17H15ClO4/c18-17(14-9-5-2-6-10-14)21-12-15(22-17)11-20-16(19)13-7-3-1-4-8-13/h1-10,15H,11-12H2/t15-,17+/m1/s1. The van der Waals surface area contributed by atoms with Crippen molar-refractivity contribution < 1.29 is 19.0 Å². The minimum atomic E-state index is -1.31. The van der Waals surface area contributed by atoms with Crippen molar-refractivity contribution in [3.8, 4) is 0 Å². The Balaban J connectivity index is 1.57. The van der Waals surface area contributed by atoms with E-state index in [0.29, 0.717) is 11.1 Å². The van der Waals surface area contributed by atoms with E-state index in [9.17, 15) is 4.79 Å². The molecule has 114 valence electrons. The van der Waals surface area contributed by atoms with Crippen LogP contribution in [-0.4, -0.2) is 25.3 Å². The average Bonchev–Trinajstić information content (AvgIpc) is 2.97. The quantitative estimate of drug-likeness (QED) is 0.641. The van der Waals surface area contributed by atoms with Crippen LogP contribution in [0.15, 0.2) is 60.7 Å². The van der Waals surface area contributed by atoms with Crippen molar-refractivity contribution in [3.05, 3.63) is 71.8 Å². The fraction of sp³-hybridized carbons (Fsp3) is 0.235.